The highest BCUT2D eigenvalue weighted by Gasteiger charge is 2.33. The zero-order valence-electron chi connectivity index (χ0n) is 8.43. The summed E-state index contributed by atoms with van der Waals surface area (Å²) in [6.45, 7) is 4.02. The molecule has 0 aromatic rings. The molecule has 0 fully saturated rings. The molecule has 0 radical (unpaired) electrons. The predicted octanol–water partition coefficient (Wildman–Crippen LogP) is -1.06. The number of nitrogens with one attached hydrogen (secondary N) is 1. The van der Waals surface area contributed by atoms with Crippen molar-refractivity contribution in [3.8, 4) is 0 Å². The Morgan fingerprint density at radius 1 is 1.43 bits per heavy atom. The third kappa shape index (κ3) is 4.34. The SMILES string of the molecule is CC(O)C(NC(C)(C)CO)S(=O)(=O)O. The minimum absolute atomic E-state index is 0.314. The van der Waals surface area contributed by atoms with E-state index < -0.39 is 27.1 Å². The van der Waals surface area contributed by atoms with E-state index in [1.54, 1.807) is 13.8 Å². The number of hydrogen-bond donors (Lipinski definition) is 4. The van der Waals surface area contributed by atoms with E-state index in [9.17, 15) is 8.42 Å². The summed E-state index contributed by atoms with van der Waals surface area (Å²) in [7, 11) is -4.38. The van der Waals surface area contributed by atoms with Crippen LogP contribution < -0.4 is 5.32 Å². The van der Waals surface area contributed by atoms with Gasteiger partial charge in [-0.05, 0) is 20.8 Å². The summed E-state index contributed by atoms with van der Waals surface area (Å²) >= 11 is 0. The lowest BCUT2D eigenvalue weighted by Crippen LogP contribution is -2.55. The van der Waals surface area contributed by atoms with Crippen LogP contribution in [0.3, 0.4) is 0 Å². The van der Waals surface area contributed by atoms with Crippen LogP contribution >= 0.6 is 0 Å². The van der Waals surface area contributed by atoms with Gasteiger partial charge in [0.05, 0.1) is 12.7 Å². The fraction of sp³-hybridized carbons (Fsp3) is 1.00. The van der Waals surface area contributed by atoms with Crippen LogP contribution in [0.5, 0.6) is 0 Å². The molecule has 0 heterocycles. The summed E-state index contributed by atoms with van der Waals surface area (Å²) in [4.78, 5) is 0. The molecule has 0 aromatic carbocycles. The van der Waals surface area contributed by atoms with Gasteiger partial charge in [0, 0.05) is 5.54 Å². The highest BCUT2D eigenvalue weighted by Crippen LogP contribution is 2.08. The molecule has 0 amide bonds. The molecule has 0 bridgehead atoms. The quantitative estimate of drug-likeness (QED) is 0.446. The molecule has 0 rings (SSSR count). The van der Waals surface area contributed by atoms with Gasteiger partial charge in [-0.25, -0.2) is 0 Å². The summed E-state index contributed by atoms with van der Waals surface area (Å²) in [6, 6.07) is 0. The van der Waals surface area contributed by atoms with E-state index in [0.717, 1.165) is 0 Å². The average molecular weight is 227 g/mol. The maximum atomic E-state index is 10.8. The lowest BCUT2D eigenvalue weighted by molar-refractivity contribution is 0.128. The van der Waals surface area contributed by atoms with Crippen molar-refractivity contribution in [2.24, 2.45) is 0 Å². The molecule has 6 nitrogen and oxygen atoms in total. The summed E-state index contributed by atoms with van der Waals surface area (Å²) in [5.41, 5.74) is -0.891. The fourth-order valence-corrected chi connectivity index (χ4v) is 1.84. The minimum atomic E-state index is -4.38. The monoisotopic (exact) mass is 227 g/mol. The lowest BCUT2D eigenvalue weighted by atomic mass is 10.1. The molecule has 14 heavy (non-hydrogen) atoms. The molecule has 4 N–H and O–H groups in total. The first-order valence-corrected chi connectivity index (χ1v) is 5.63. The maximum absolute atomic E-state index is 10.8. The van der Waals surface area contributed by atoms with Gasteiger partial charge in [-0.2, -0.15) is 8.42 Å². The van der Waals surface area contributed by atoms with Gasteiger partial charge in [-0.3, -0.25) is 9.87 Å². The van der Waals surface area contributed by atoms with E-state index in [2.05, 4.69) is 5.32 Å². The largest absolute Gasteiger partial charge is 0.394 e. The molecular weight excluding hydrogens is 210 g/mol. The van der Waals surface area contributed by atoms with Crippen LogP contribution in [0.25, 0.3) is 0 Å². The van der Waals surface area contributed by atoms with Gasteiger partial charge in [0.2, 0.25) is 0 Å². The second-order valence-corrected chi connectivity index (χ2v) is 5.40. The van der Waals surface area contributed by atoms with Gasteiger partial charge in [0.15, 0.2) is 5.37 Å². The molecule has 0 aliphatic heterocycles. The van der Waals surface area contributed by atoms with Gasteiger partial charge in [-0.15, -0.1) is 0 Å². The zero-order valence-corrected chi connectivity index (χ0v) is 9.24. The van der Waals surface area contributed by atoms with Crippen LogP contribution in [0.4, 0.5) is 0 Å². The van der Waals surface area contributed by atoms with Crippen molar-refractivity contribution in [1.29, 1.82) is 0 Å². The first-order chi connectivity index (χ1) is 6.10. The van der Waals surface area contributed by atoms with Crippen LogP contribution in [0.1, 0.15) is 20.8 Å². The first-order valence-electron chi connectivity index (χ1n) is 4.13. The number of aliphatic hydroxyl groups is 2. The maximum Gasteiger partial charge on any atom is 0.283 e. The van der Waals surface area contributed by atoms with E-state index in [1.165, 1.54) is 6.92 Å². The van der Waals surface area contributed by atoms with Gasteiger partial charge in [0.25, 0.3) is 10.1 Å². The minimum Gasteiger partial charge on any atom is -0.394 e. The molecular formula is C7H17NO5S. The second-order valence-electron chi connectivity index (χ2n) is 3.86. The molecule has 0 aliphatic rings. The number of hydrogen-bond acceptors (Lipinski definition) is 5. The Morgan fingerprint density at radius 2 is 1.86 bits per heavy atom. The summed E-state index contributed by atoms with van der Waals surface area (Å²) < 4.78 is 30.4. The molecule has 0 aromatic heterocycles. The molecule has 86 valence electrons. The van der Waals surface area contributed by atoms with Crippen molar-refractivity contribution < 1.29 is 23.2 Å². The van der Waals surface area contributed by atoms with Crippen molar-refractivity contribution in [2.45, 2.75) is 37.8 Å². The fourth-order valence-electron chi connectivity index (χ4n) is 0.875. The van der Waals surface area contributed by atoms with Crippen molar-refractivity contribution >= 4 is 10.1 Å². The summed E-state index contributed by atoms with van der Waals surface area (Å²) in [5.74, 6) is 0. The van der Waals surface area contributed by atoms with Crippen molar-refractivity contribution in [1.82, 2.24) is 5.32 Å². The highest BCUT2D eigenvalue weighted by atomic mass is 32.2. The second kappa shape index (κ2) is 4.54. The van der Waals surface area contributed by atoms with E-state index >= 15 is 0 Å². The van der Waals surface area contributed by atoms with Crippen LogP contribution in [0, 0.1) is 0 Å². The Morgan fingerprint density at radius 3 is 2.07 bits per heavy atom. The van der Waals surface area contributed by atoms with Gasteiger partial charge in [0.1, 0.15) is 0 Å². The average Bonchev–Trinajstić information content (AvgIpc) is 1.98. The van der Waals surface area contributed by atoms with Crippen LogP contribution in [0.15, 0.2) is 0 Å². The Labute approximate surface area is 83.7 Å². The van der Waals surface area contributed by atoms with E-state index in [1.807, 2.05) is 0 Å². The Kier molecular flexibility index (Phi) is 4.47. The zero-order chi connectivity index (χ0) is 11.6. The van der Waals surface area contributed by atoms with E-state index in [4.69, 9.17) is 14.8 Å². The molecule has 0 saturated heterocycles. The van der Waals surface area contributed by atoms with Crippen molar-refractivity contribution in [3.63, 3.8) is 0 Å². The molecule has 0 saturated carbocycles. The molecule has 7 heteroatoms. The van der Waals surface area contributed by atoms with Gasteiger partial charge in [-0.1, -0.05) is 0 Å². The Hall–Kier alpha value is -0.210. The van der Waals surface area contributed by atoms with Gasteiger partial charge < -0.3 is 10.2 Å². The third-order valence-electron chi connectivity index (χ3n) is 1.69. The Bertz CT molecular complexity index is 272. The summed E-state index contributed by atoms with van der Waals surface area (Å²) in [5, 5.41) is 18.9. The smallest absolute Gasteiger partial charge is 0.283 e. The third-order valence-corrected chi connectivity index (χ3v) is 2.84. The van der Waals surface area contributed by atoms with Crippen LogP contribution in [-0.4, -0.2) is 46.8 Å². The van der Waals surface area contributed by atoms with E-state index in [-0.39, 0.29) is 6.61 Å². The number of aliphatic hydroxyl groups excluding tert-OH is 2. The van der Waals surface area contributed by atoms with Crippen LogP contribution in [0.2, 0.25) is 0 Å². The summed E-state index contributed by atoms with van der Waals surface area (Å²) in [6.07, 6.45) is -1.27. The van der Waals surface area contributed by atoms with Crippen molar-refractivity contribution in [3.05, 3.63) is 0 Å². The topological polar surface area (TPSA) is 107 Å². The first kappa shape index (κ1) is 13.8. The molecule has 2 unspecified atom stereocenters. The van der Waals surface area contributed by atoms with E-state index in [0.29, 0.717) is 0 Å². The molecule has 0 aliphatic carbocycles. The van der Waals surface area contributed by atoms with Gasteiger partial charge >= 0.3 is 0 Å². The van der Waals surface area contributed by atoms with Crippen LogP contribution in [-0.2, 0) is 10.1 Å². The van der Waals surface area contributed by atoms with Crippen molar-refractivity contribution in [2.75, 3.05) is 6.61 Å². The Balaban J connectivity index is 4.73. The standard InChI is InChI=1S/C7H17NO5S/c1-5(10)6(14(11,12)13)8-7(2,3)4-9/h5-6,8-10H,4H2,1-3H3,(H,11,12,13). The normalized spacial score (nSPS) is 17.9. The molecule has 2 atom stereocenters. The lowest BCUT2D eigenvalue weighted by Gasteiger charge is -2.29. The number of rotatable bonds is 5. The highest BCUT2D eigenvalue weighted by molar-refractivity contribution is 7.86. The molecule has 0 spiro atoms. The predicted molar refractivity (Wildman–Crippen MR) is 51.3 cm³/mol.